The zero-order chi connectivity index (χ0) is 14.4. The van der Waals surface area contributed by atoms with Crippen LogP contribution in [0, 0.1) is 0 Å². The summed E-state index contributed by atoms with van der Waals surface area (Å²) in [5.74, 6) is 1.10. The van der Waals surface area contributed by atoms with E-state index in [9.17, 15) is 4.79 Å². The van der Waals surface area contributed by atoms with Crippen LogP contribution in [-0.4, -0.2) is 27.3 Å². The van der Waals surface area contributed by atoms with Crippen molar-refractivity contribution in [2.24, 2.45) is 0 Å². The Morgan fingerprint density at radius 3 is 2.85 bits per heavy atom. The molecule has 0 unspecified atom stereocenters. The summed E-state index contributed by atoms with van der Waals surface area (Å²) in [6, 6.07) is 6.88. The van der Waals surface area contributed by atoms with Gasteiger partial charge in [-0.2, -0.15) is 0 Å². The summed E-state index contributed by atoms with van der Waals surface area (Å²) in [5, 5.41) is 10.5. The maximum atomic E-state index is 11.7. The molecule has 2 rings (SSSR count). The number of nitrogen functional groups attached to an aromatic ring is 1. The molecule has 0 atom stereocenters. The lowest BCUT2D eigenvalue weighted by atomic mass is 10.3. The number of nitrogens with zero attached hydrogens (tertiary/aromatic N) is 3. The Morgan fingerprint density at radius 2 is 2.15 bits per heavy atom. The number of carbonyl (C=O) groups is 1. The van der Waals surface area contributed by atoms with E-state index in [1.54, 1.807) is 30.6 Å². The Balaban J connectivity index is 1.77. The molecule has 0 aliphatic rings. The molecule has 0 saturated carbocycles. The number of amides is 1. The van der Waals surface area contributed by atoms with Gasteiger partial charge in [-0.3, -0.25) is 4.79 Å². The highest BCUT2D eigenvalue weighted by molar-refractivity contribution is 5.77. The number of aryl methyl sites for hydroxylation is 1. The van der Waals surface area contributed by atoms with Gasteiger partial charge in [0.25, 0.3) is 5.91 Å². The number of ether oxygens (including phenoxy) is 1. The molecule has 1 aromatic heterocycles. The van der Waals surface area contributed by atoms with E-state index in [1.165, 1.54) is 0 Å². The molecular weight excluding hydrogens is 258 g/mol. The Kier molecular flexibility index (Phi) is 4.54. The van der Waals surface area contributed by atoms with Crippen molar-refractivity contribution in [1.29, 1.82) is 0 Å². The van der Waals surface area contributed by atoms with E-state index in [1.807, 2.05) is 11.5 Å². The van der Waals surface area contributed by atoms with Crippen molar-refractivity contribution in [3.05, 3.63) is 36.4 Å². The minimum Gasteiger partial charge on any atom is -0.484 e. The van der Waals surface area contributed by atoms with Crippen molar-refractivity contribution in [2.75, 3.05) is 12.3 Å². The van der Waals surface area contributed by atoms with Crippen molar-refractivity contribution in [1.82, 2.24) is 20.1 Å². The van der Waals surface area contributed by atoms with Crippen LogP contribution in [0.25, 0.3) is 0 Å². The summed E-state index contributed by atoms with van der Waals surface area (Å²) >= 11 is 0. The first kappa shape index (κ1) is 13.9. The minimum absolute atomic E-state index is 0.0514. The van der Waals surface area contributed by atoms with E-state index >= 15 is 0 Å². The van der Waals surface area contributed by atoms with Crippen molar-refractivity contribution >= 4 is 11.6 Å². The minimum atomic E-state index is -0.215. The van der Waals surface area contributed by atoms with Crippen LogP contribution in [0.3, 0.4) is 0 Å². The topological polar surface area (TPSA) is 95.1 Å². The van der Waals surface area contributed by atoms with Crippen LogP contribution in [0.2, 0.25) is 0 Å². The fraction of sp³-hybridized carbons (Fsp3) is 0.308. The molecule has 1 aromatic carbocycles. The molecule has 1 heterocycles. The highest BCUT2D eigenvalue weighted by Gasteiger charge is 2.06. The molecule has 106 valence electrons. The van der Waals surface area contributed by atoms with Gasteiger partial charge in [0.2, 0.25) is 0 Å². The monoisotopic (exact) mass is 275 g/mol. The van der Waals surface area contributed by atoms with Gasteiger partial charge < -0.3 is 20.4 Å². The third-order valence-electron chi connectivity index (χ3n) is 2.73. The van der Waals surface area contributed by atoms with Gasteiger partial charge in [0, 0.05) is 12.2 Å². The van der Waals surface area contributed by atoms with Crippen LogP contribution < -0.4 is 15.8 Å². The van der Waals surface area contributed by atoms with E-state index in [2.05, 4.69) is 15.5 Å². The second-order valence-corrected chi connectivity index (χ2v) is 4.17. The van der Waals surface area contributed by atoms with Crippen LogP contribution in [0.1, 0.15) is 12.7 Å². The molecule has 0 fully saturated rings. The second-order valence-electron chi connectivity index (χ2n) is 4.17. The lowest BCUT2D eigenvalue weighted by molar-refractivity contribution is -0.123. The maximum absolute atomic E-state index is 11.7. The number of anilines is 1. The number of hydrogen-bond acceptors (Lipinski definition) is 5. The molecule has 0 aliphatic heterocycles. The van der Waals surface area contributed by atoms with E-state index in [4.69, 9.17) is 10.5 Å². The zero-order valence-electron chi connectivity index (χ0n) is 11.2. The fourth-order valence-electron chi connectivity index (χ4n) is 1.62. The van der Waals surface area contributed by atoms with Crippen LogP contribution in [0.15, 0.2) is 30.6 Å². The molecule has 7 nitrogen and oxygen atoms in total. The lowest BCUT2D eigenvalue weighted by Gasteiger charge is -2.08. The van der Waals surface area contributed by atoms with Gasteiger partial charge in [-0.1, -0.05) is 0 Å². The second kappa shape index (κ2) is 6.55. The fourth-order valence-corrected chi connectivity index (χ4v) is 1.62. The number of carbonyl (C=O) groups excluding carboxylic acids is 1. The van der Waals surface area contributed by atoms with Gasteiger partial charge in [-0.05, 0) is 31.2 Å². The van der Waals surface area contributed by atoms with Crippen LogP contribution in [0.4, 0.5) is 5.69 Å². The molecule has 1 amide bonds. The SMILES string of the molecule is CCn1cnnc1CNC(=O)COc1ccc(N)cc1. The summed E-state index contributed by atoms with van der Waals surface area (Å²) in [5.41, 5.74) is 6.22. The number of aromatic nitrogens is 3. The maximum Gasteiger partial charge on any atom is 0.258 e. The average Bonchev–Trinajstić information content (AvgIpc) is 2.92. The van der Waals surface area contributed by atoms with E-state index in [0.29, 0.717) is 23.8 Å². The van der Waals surface area contributed by atoms with Gasteiger partial charge >= 0.3 is 0 Å². The van der Waals surface area contributed by atoms with Crippen LogP contribution in [0.5, 0.6) is 5.75 Å². The number of benzene rings is 1. The van der Waals surface area contributed by atoms with Crippen molar-refractivity contribution in [2.45, 2.75) is 20.0 Å². The molecule has 0 radical (unpaired) electrons. The molecule has 0 aliphatic carbocycles. The number of hydrogen-bond donors (Lipinski definition) is 2. The number of nitrogens with two attached hydrogens (primary N) is 1. The zero-order valence-corrected chi connectivity index (χ0v) is 11.2. The van der Waals surface area contributed by atoms with Crippen LogP contribution in [-0.2, 0) is 17.9 Å². The highest BCUT2D eigenvalue weighted by atomic mass is 16.5. The van der Waals surface area contributed by atoms with Gasteiger partial charge in [0.1, 0.15) is 12.1 Å². The van der Waals surface area contributed by atoms with Crippen LogP contribution >= 0.6 is 0 Å². The molecule has 3 N–H and O–H groups in total. The molecule has 0 spiro atoms. The summed E-state index contributed by atoms with van der Waals surface area (Å²) < 4.78 is 7.20. The molecule has 0 bridgehead atoms. The smallest absolute Gasteiger partial charge is 0.258 e. The first-order valence-electron chi connectivity index (χ1n) is 6.30. The Hall–Kier alpha value is -2.57. The first-order valence-corrected chi connectivity index (χ1v) is 6.30. The third-order valence-corrected chi connectivity index (χ3v) is 2.73. The summed E-state index contributed by atoms with van der Waals surface area (Å²) in [4.78, 5) is 11.7. The molecular formula is C13H17N5O2. The van der Waals surface area contributed by atoms with Gasteiger partial charge in [-0.15, -0.1) is 10.2 Å². The van der Waals surface area contributed by atoms with E-state index < -0.39 is 0 Å². The van der Waals surface area contributed by atoms with Gasteiger partial charge in [0.05, 0.1) is 6.54 Å². The Bertz CT molecular complexity index is 564. The number of rotatable bonds is 6. The quantitative estimate of drug-likeness (QED) is 0.752. The predicted molar refractivity (Wildman–Crippen MR) is 73.9 cm³/mol. The molecule has 20 heavy (non-hydrogen) atoms. The molecule has 7 heteroatoms. The lowest BCUT2D eigenvalue weighted by Crippen LogP contribution is -2.29. The molecule has 0 saturated heterocycles. The summed E-state index contributed by atoms with van der Waals surface area (Å²) in [6.07, 6.45) is 1.63. The van der Waals surface area contributed by atoms with Gasteiger partial charge in [0.15, 0.2) is 12.4 Å². The summed E-state index contributed by atoms with van der Waals surface area (Å²) in [7, 11) is 0. The number of nitrogens with one attached hydrogen (secondary N) is 1. The first-order chi connectivity index (χ1) is 9.69. The van der Waals surface area contributed by atoms with Crippen molar-refractivity contribution in [3.63, 3.8) is 0 Å². The normalized spacial score (nSPS) is 10.2. The predicted octanol–water partition coefficient (Wildman–Crippen LogP) is 0.575. The highest BCUT2D eigenvalue weighted by Crippen LogP contribution is 2.12. The largest absolute Gasteiger partial charge is 0.484 e. The standard InChI is InChI=1S/C13H17N5O2/c1-2-18-9-16-17-12(18)7-15-13(19)8-20-11-5-3-10(14)4-6-11/h3-6,9H,2,7-8,14H2,1H3,(H,15,19). The average molecular weight is 275 g/mol. The third kappa shape index (κ3) is 3.71. The Labute approximate surface area is 116 Å². The Morgan fingerprint density at radius 1 is 1.40 bits per heavy atom. The van der Waals surface area contributed by atoms with E-state index in [0.717, 1.165) is 6.54 Å². The summed E-state index contributed by atoms with van der Waals surface area (Å²) in [6.45, 7) is 3.03. The van der Waals surface area contributed by atoms with Crippen molar-refractivity contribution < 1.29 is 9.53 Å². The van der Waals surface area contributed by atoms with E-state index in [-0.39, 0.29) is 12.5 Å². The van der Waals surface area contributed by atoms with Crippen molar-refractivity contribution in [3.8, 4) is 5.75 Å². The van der Waals surface area contributed by atoms with Gasteiger partial charge in [-0.25, -0.2) is 0 Å². The molecule has 2 aromatic rings.